The van der Waals surface area contributed by atoms with Crippen molar-refractivity contribution in [2.75, 3.05) is 16.2 Å². The second kappa shape index (κ2) is 9.35. The van der Waals surface area contributed by atoms with Gasteiger partial charge in [0.05, 0.1) is 10.6 Å². The molecule has 162 valence electrons. The summed E-state index contributed by atoms with van der Waals surface area (Å²) in [6.07, 6.45) is 0.764. The molecule has 0 radical (unpaired) electrons. The lowest BCUT2D eigenvalue weighted by Gasteiger charge is -2.26. The highest BCUT2D eigenvalue weighted by Gasteiger charge is 2.28. The summed E-state index contributed by atoms with van der Waals surface area (Å²) in [5.41, 5.74) is 4.97. The first kappa shape index (κ1) is 22.6. The first-order chi connectivity index (χ1) is 14.8. The number of anilines is 2. The van der Waals surface area contributed by atoms with Gasteiger partial charge < -0.3 is 5.32 Å². The second-order valence-corrected chi connectivity index (χ2v) is 9.42. The minimum Gasteiger partial charge on any atom is -0.324 e. The maximum absolute atomic E-state index is 13.5. The van der Waals surface area contributed by atoms with Crippen LogP contribution in [0.2, 0.25) is 0 Å². The minimum absolute atomic E-state index is 0.147. The first-order valence-electron chi connectivity index (χ1n) is 10.3. The summed E-state index contributed by atoms with van der Waals surface area (Å²) in [6.45, 7) is 7.42. The van der Waals surface area contributed by atoms with Crippen LogP contribution in [-0.4, -0.2) is 20.9 Å². The smallest absolute Gasteiger partial charge is 0.264 e. The molecule has 0 spiro atoms. The van der Waals surface area contributed by atoms with Gasteiger partial charge >= 0.3 is 0 Å². The zero-order valence-electron chi connectivity index (χ0n) is 18.3. The lowest BCUT2D eigenvalue weighted by molar-refractivity contribution is -0.114. The Hall–Kier alpha value is -3.12. The summed E-state index contributed by atoms with van der Waals surface area (Å²) in [5.74, 6) is -0.385. The quantitative estimate of drug-likeness (QED) is 0.566. The summed E-state index contributed by atoms with van der Waals surface area (Å²) >= 11 is 0. The van der Waals surface area contributed by atoms with Gasteiger partial charge in [-0.25, -0.2) is 8.42 Å². The van der Waals surface area contributed by atoms with Gasteiger partial charge in [-0.3, -0.25) is 9.10 Å². The molecular weight excluding hydrogens is 408 g/mol. The van der Waals surface area contributed by atoms with Crippen molar-refractivity contribution in [2.24, 2.45) is 0 Å². The molecule has 6 heteroatoms. The van der Waals surface area contributed by atoms with E-state index in [0.29, 0.717) is 5.69 Å². The Morgan fingerprint density at radius 3 is 2.19 bits per heavy atom. The van der Waals surface area contributed by atoms with Crippen LogP contribution in [0.15, 0.2) is 71.6 Å². The summed E-state index contributed by atoms with van der Waals surface area (Å²) in [7, 11) is -3.93. The van der Waals surface area contributed by atoms with Crippen molar-refractivity contribution < 1.29 is 13.2 Å². The number of nitrogens with zero attached hydrogens (tertiary/aromatic N) is 1. The molecule has 0 heterocycles. The molecule has 3 rings (SSSR count). The molecule has 0 saturated carbocycles. The van der Waals surface area contributed by atoms with Crippen LogP contribution in [-0.2, 0) is 21.2 Å². The topological polar surface area (TPSA) is 66.5 Å². The van der Waals surface area contributed by atoms with Crippen LogP contribution in [0.1, 0.15) is 29.2 Å². The largest absolute Gasteiger partial charge is 0.324 e. The molecule has 31 heavy (non-hydrogen) atoms. The predicted octanol–water partition coefficient (Wildman–Crippen LogP) is 5.01. The van der Waals surface area contributed by atoms with Gasteiger partial charge in [0.2, 0.25) is 5.91 Å². The van der Waals surface area contributed by atoms with Crippen molar-refractivity contribution in [1.82, 2.24) is 0 Å². The third-order valence-electron chi connectivity index (χ3n) is 5.47. The number of carbonyl (C=O) groups is 1. The average Bonchev–Trinajstić information content (AvgIpc) is 2.76. The van der Waals surface area contributed by atoms with Gasteiger partial charge in [0.25, 0.3) is 10.0 Å². The van der Waals surface area contributed by atoms with Gasteiger partial charge in [-0.05, 0) is 67.6 Å². The average molecular weight is 437 g/mol. The lowest BCUT2D eigenvalue weighted by atomic mass is 10.1. The van der Waals surface area contributed by atoms with E-state index in [0.717, 1.165) is 34.4 Å². The van der Waals surface area contributed by atoms with Gasteiger partial charge in [-0.2, -0.15) is 0 Å². The van der Waals surface area contributed by atoms with E-state index in [1.165, 1.54) is 4.31 Å². The van der Waals surface area contributed by atoms with E-state index in [2.05, 4.69) is 5.32 Å². The van der Waals surface area contributed by atoms with E-state index in [1.807, 2.05) is 52.0 Å². The van der Waals surface area contributed by atoms with Crippen molar-refractivity contribution in [3.8, 4) is 0 Å². The normalized spacial score (nSPS) is 11.2. The molecule has 0 fully saturated rings. The Bertz CT molecular complexity index is 1190. The third-order valence-corrected chi connectivity index (χ3v) is 7.24. The Labute approximate surface area is 184 Å². The molecule has 0 aromatic heterocycles. The number of aryl methyl sites for hydroxylation is 3. The monoisotopic (exact) mass is 436 g/mol. The Kier molecular flexibility index (Phi) is 6.81. The van der Waals surface area contributed by atoms with Crippen LogP contribution in [0.5, 0.6) is 0 Å². The molecule has 0 atom stereocenters. The molecule has 3 aromatic rings. The number of hydrogen-bond acceptors (Lipinski definition) is 3. The minimum atomic E-state index is -3.93. The molecule has 0 saturated heterocycles. The number of para-hydroxylation sites is 1. The van der Waals surface area contributed by atoms with Crippen LogP contribution >= 0.6 is 0 Å². The van der Waals surface area contributed by atoms with Gasteiger partial charge in [0.1, 0.15) is 6.54 Å². The summed E-state index contributed by atoms with van der Waals surface area (Å²) in [6, 6.07) is 19.5. The lowest BCUT2D eigenvalue weighted by Crippen LogP contribution is -2.38. The highest BCUT2D eigenvalue weighted by molar-refractivity contribution is 7.92. The molecule has 0 aliphatic carbocycles. The maximum Gasteiger partial charge on any atom is 0.264 e. The highest BCUT2D eigenvalue weighted by atomic mass is 32.2. The molecule has 1 amide bonds. The van der Waals surface area contributed by atoms with Crippen LogP contribution in [0.3, 0.4) is 0 Å². The summed E-state index contributed by atoms with van der Waals surface area (Å²) < 4.78 is 28.2. The highest BCUT2D eigenvalue weighted by Crippen LogP contribution is 2.29. The number of nitrogens with one attached hydrogen (secondary N) is 1. The SMILES string of the molecule is CCc1cccc(C)c1NC(=O)CN(c1cccc(C)c1C)S(=O)(=O)c1ccccc1. The van der Waals surface area contributed by atoms with Crippen molar-refractivity contribution in [2.45, 2.75) is 39.0 Å². The zero-order valence-corrected chi connectivity index (χ0v) is 19.2. The Morgan fingerprint density at radius 2 is 1.52 bits per heavy atom. The number of amides is 1. The fourth-order valence-electron chi connectivity index (χ4n) is 3.54. The van der Waals surface area contributed by atoms with E-state index < -0.39 is 10.0 Å². The first-order valence-corrected chi connectivity index (χ1v) is 11.7. The zero-order chi connectivity index (χ0) is 22.6. The molecule has 3 aromatic carbocycles. The van der Waals surface area contributed by atoms with Gasteiger partial charge in [0.15, 0.2) is 0 Å². The second-order valence-electron chi connectivity index (χ2n) is 7.55. The molecule has 0 aliphatic rings. The van der Waals surface area contributed by atoms with Gasteiger partial charge in [-0.1, -0.05) is 55.5 Å². The van der Waals surface area contributed by atoms with E-state index in [9.17, 15) is 13.2 Å². The van der Waals surface area contributed by atoms with Crippen molar-refractivity contribution >= 4 is 27.3 Å². The summed E-state index contributed by atoms with van der Waals surface area (Å²) in [5, 5.41) is 2.94. The molecular formula is C25H28N2O3S. The summed E-state index contributed by atoms with van der Waals surface area (Å²) in [4.78, 5) is 13.2. The van der Waals surface area contributed by atoms with Crippen LogP contribution < -0.4 is 9.62 Å². The number of sulfonamides is 1. The van der Waals surface area contributed by atoms with Gasteiger partial charge in [0, 0.05) is 5.69 Å². The van der Waals surface area contributed by atoms with Crippen LogP contribution in [0.4, 0.5) is 11.4 Å². The predicted molar refractivity (Wildman–Crippen MR) is 126 cm³/mol. The standard InChI is InChI=1S/C25H28N2O3S/c1-5-21-13-9-12-19(3)25(21)26-24(28)17-27(23-16-10-11-18(2)20(23)4)31(29,30)22-14-7-6-8-15-22/h6-16H,5,17H2,1-4H3,(H,26,28). The van der Waals surface area contributed by atoms with Crippen LogP contribution in [0, 0.1) is 20.8 Å². The van der Waals surface area contributed by atoms with Crippen molar-refractivity contribution in [1.29, 1.82) is 0 Å². The van der Waals surface area contributed by atoms with E-state index in [1.54, 1.807) is 42.5 Å². The van der Waals surface area contributed by atoms with Gasteiger partial charge in [-0.15, -0.1) is 0 Å². The fourth-order valence-corrected chi connectivity index (χ4v) is 5.04. The number of rotatable bonds is 7. The molecule has 1 N–H and O–H groups in total. The molecule has 0 unspecified atom stereocenters. The van der Waals surface area contributed by atoms with E-state index in [-0.39, 0.29) is 17.3 Å². The molecule has 0 aliphatic heterocycles. The fraction of sp³-hybridized carbons (Fsp3) is 0.240. The maximum atomic E-state index is 13.5. The van der Waals surface area contributed by atoms with Crippen molar-refractivity contribution in [3.63, 3.8) is 0 Å². The Balaban J connectivity index is 2.02. The number of benzene rings is 3. The molecule has 0 bridgehead atoms. The van der Waals surface area contributed by atoms with Crippen molar-refractivity contribution in [3.05, 3.63) is 89.0 Å². The van der Waals surface area contributed by atoms with Crippen LogP contribution in [0.25, 0.3) is 0 Å². The number of carbonyl (C=O) groups excluding carboxylic acids is 1. The molecule has 5 nitrogen and oxygen atoms in total. The van der Waals surface area contributed by atoms with E-state index >= 15 is 0 Å². The number of hydrogen-bond donors (Lipinski definition) is 1. The van der Waals surface area contributed by atoms with E-state index in [4.69, 9.17) is 0 Å². The Morgan fingerprint density at radius 1 is 0.871 bits per heavy atom. The third kappa shape index (κ3) is 4.80.